The van der Waals surface area contributed by atoms with Crippen LogP contribution < -0.4 is 10.6 Å². The van der Waals surface area contributed by atoms with E-state index < -0.39 is 0 Å². The average molecular weight is 347 g/mol. The van der Waals surface area contributed by atoms with E-state index in [1.165, 1.54) is 36.0 Å². The van der Waals surface area contributed by atoms with Gasteiger partial charge in [0.2, 0.25) is 5.91 Å². The Balaban J connectivity index is 0.00000146. The predicted molar refractivity (Wildman–Crippen MR) is 96.7 cm³/mol. The van der Waals surface area contributed by atoms with Crippen LogP contribution in [0.5, 0.6) is 0 Å². The van der Waals surface area contributed by atoms with Crippen molar-refractivity contribution in [3.63, 3.8) is 0 Å². The molecular formula is C20H27ClN2O. The average Bonchev–Trinajstić information content (AvgIpc) is 2.99. The van der Waals surface area contributed by atoms with Crippen molar-refractivity contribution in [3.8, 4) is 0 Å². The number of carbonyl (C=O) groups excluding carboxylic acids is 1. The number of hydrogen-bond donors (Lipinski definition) is 2. The van der Waals surface area contributed by atoms with Crippen LogP contribution in [-0.2, 0) is 24.4 Å². The second-order valence-corrected chi connectivity index (χ2v) is 8.59. The lowest BCUT2D eigenvalue weighted by Gasteiger charge is -2.55. The van der Waals surface area contributed by atoms with Gasteiger partial charge in [0.05, 0.1) is 0 Å². The van der Waals surface area contributed by atoms with Gasteiger partial charge in [0.1, 0.15) is 0 Å². The molecule has 130 valence electrons. The molecule has 0 atom stereocenters. The summed E-state index contributed by atoms with van der Waals surface area (Å²) in [4.78, 5) is 13.0. The fraction of sp³-hybridized carbons (Fsp3) is 0.650. The smallest absolute Gasteiger partial charge is 0.226 e. The second-order valence-electron chi connectivity index (χ2n) is 8.59. The van der Waals surface area contributed by atoms with Crippen molar-refractivity contribution in [2.75, 3.05) is 0 Å². The molecule has 2 N–H and O–H groups in total. The molecule has 0 spiro atoms. The Morgan fingerprint density at radius 2 is 1.67 bits per heavy atom. The van der Waals surface area contributed by atoms with Gasteiger partial charge in [-0.15, -0.1) is 12.4 Å². The lowest BCUT2D eigenvalue weighted by atomic mass is 9.49. The number of halogens is 1. The van der Waals surface area contributed by atoms with Crippen molar-refractivity contribution < 1.29 is 4.79 Å². The largest absolute Gasteiger partial charge is 0.352 e. The number of nitrogens with one attached hydrogen (secondary N) is 2. The first-order chi connectivity index (χ1) is 11.2. The summed E-state index contributed by atoms with van der Waals surface area (Å²) < 4.78 is 0. The Bertz CT molecular complexity index is 622. The second kappa shape index (κ2) is 6.03. The third kappa shape index (κ3) is 2.66. The molecule has 1 heterocycles. The molecular weight excluding hydrogens is 320 g/mol. The number of rotatable bonds is 3. The van der Waals surface area contributed by atoms with Crippen LogP contribution in [0.4, 0.5) is 0 Å². The maximum absolute atomic E-state index is 13.0. The van der Waals surface area contributed by atoms with Gasteiger partial charge in [0.15, 0.2) is 0 Å². The van der Waals surface area contributed by atoms with E-state index in [2.05, 4.69) is 28.8 Å². The van der Waals surface area contributed by atoms with E-state index in [0.717, 1.165) is 50.1 Å². The molecule has 6 rings (SSSR count). The zero-order valence-corrected chi connectivity index (χ0v) is 15.0. The predicted octanol–water partition coefficient (Wildman–Crippen LogP) is 3.54. The highest BCUT2D eigenvalue weighted by atomic mass is 35.5. The molecule has 4 fully saturated rings. The van der Waals surface area contributed by atoms with E-state index in [0.29, 0.717) is 12.5 Å². The lowest BCUT2D eigenvalue weighted by Crippen LogP contribution is -2.53. The van der Waals surface area contributed by atoms with Crippen molar-refractivity contribution >= 4 is 18.3 Å². The molecule has 4 bridgehead atoms. The summed E-state index contributed by atoms with van der Waals surface area (Å²) >= 11 is 0. The molecule has 4 saturated carbocycles. The normalized spacial score (nSPS) is 35.4. The third-order valence-electron chi connectivity index (χ3n) is 6.87. The Morgan fingerprint density at radius 3 is 2.33 bits per heavy atom. The summed E-state index contributed by atoms with van der Waals surface area (Å²) in [5.74, 6) is 2.84. The van der Waals surface area contributed by atoms with Gasteiger partial charge in [-0.3, -0.25) is 4.79 Å². The number of fused-ring (bicyclic) bond motifs is 1. The topological polar surface area (TPSA) is 41.1 Å². The first-order valence-corrected chi connectivity index (χ1v) is 9.30. The molecule has 0 aromatic heterocycles. The zero-order chi connectivity index (χ0) is 15.4. The number of benzene rings is 1. The van der Waals surface area contributed by atoms with E-state index in [4.69, 9.17) is 0 Å². The Labute approximate surface area is 150 Å². The Morgan fingerprint density at radius 1 is 1.04 bits per heavy atom. The van der Waals surface area contributed by atoms with Gasteiger partial charge in [-0.25, -0.2) is 0 Å². The molecule has 0 unspecified atom stereocenters. The molecule has 1 aromatic carbocycles. The molecule has 5 aliphatic rings. The minimum atomic E-state index is -0.0208. The summed E-state index contributed by atoms with van der Waals surface area (Å²) in [6.45, 7) is 2.63. The van der Waals surface area contributed by atoms with Gasteiger partial charge < -0.3 is 10.6 Å². The van der Waals surface area contributed by atoms with Gasteiger partial charge in [-0.05, 0) is 73.0 Å². The monoisotopic (exact) mass is 346 g/mol. The van der Waals surface area contributed by atoms with Crippen LogP contribution in [0, 0.1) is 23.2 Å². The minimum Gasteiger partial charge on any atom is -0.352 e. The third-order valence-corrected chi connectivity index (χ3v) is 6.87. The molecule has 1 aromatic rings. The van der Waals surface area contributed by atoms with Gasteiger partial charge in [-0.2, -0.15) is 0 Å². The number of hydrogen-bond acceptors (Lipinski definition) is 2. The molecule has 0 saturated heterocycles. The highest BCUT2D eigenvalue weighted by molar-refractivity contribution is 5.85. The molecule has 1 aliphatic heterocycles. The number of amides is 1. The molecule has 4 aliphatic carbocycles. The van der Waals surface area contributed by atoms with Gasteiger partial charge >= 0.3 is 0 Å². The van der Waals surface area contributed by atoms with E-state index in [9.17, 15) is 4.79 Å². The molecule has 24 heavy (non-hydrogen) atoms. The standard InChI is InChI=1S/C20H26N2O.ClH/c23-19(20-7-14-3-15(8-20)5-16(4-14)9-20)22-10-13-1-2-17-11-21-12-18(17)6-13;/h1-2,6,14-16,21H,3-5,7-12H2,(H,22,23);1H. The zero-order valence-electron chi connectivity index (χ0n) is 14.1. The van der Waals surface area contributed by atoms with Crippen LogP contribution in [0.3, 0.4) is 0 Å². The molecule has 3 nitrogen and oxygen atoms in total. The van der Waals surface area contributed by atoms with Gasteiger partial charge in [0.25, 0.3) is 0 Å². The highest BCUT2D eigenvalue weighted by Crippen LogP contribution is 2.60. The molecule has 1 amide bonds. The first kappa shape index (κ1) is 16.4. The van der Waals surface area contributed by atoms with Crippen LogP contribution in [0.25, 0.3) is 0 Å². The summed E-state index contributed by atoms with van der Waals surface area (Å²) in [6.07, 6.45) is 7.63. The van der Waals surface area contributed by atoms with E-state index in [1.807, 2.05) is 0 Å². The van der Waals surface area contributed by atoms with Crippen molar-refractivity contribution in [2.24, 2.45) is 23.2 Å². The molecule has 0 radical (unpaired) electrons. The maximum atomic E-state index is 13.0. The minimum absolute atomic E-state index is 0. The van der Waals surface area contributed by atoms with Crippen molar-refractivity contribution in [2.45, 2.75) is 58.2 Å². The van der Waals surface area contributed by atoms with Crippen molar-refractivity contribution in [3.05, 3.63) is 34.9 Å². The van der Waals surface area contributed by atoms with E-state index in [-0.39, 0.29) is 17.8 Å². The van der Waals surface area contributed by atoms with Gasteiger partial charge in [-0.1, -0.05) is 18.2 Å². The summed E-state index contributed by atoms with van der Waals surface area (Å²) in [5, 5.41) is 6.67. The van der Waals surface area contributed by atoms with E-state index >= 15 is 0 Å². The van der Waals surface area contributed by atoms with Crippen LogP contribution in [0.2, 0.25) is 0 Å². The molecule has 4 heteroatoms. The van der Waals surface area contributed by atoms with Crippen LogP contribution >= 0.6 is 12.4 Å². The summed E-state index contributed by atoms with van der Waals surface area (Å²) in [5.41, 5.74) is 4.02. The lowest BCUT2D eigenvalue weighted by molar-refractivity contribution is -0.146. The Hall–Kier alpha value is -1.06. The van der Waals surface area contributed by atoms with E-state index in [1.54, 1.807) is 0 Å². The van der Waals surface area contributed by atoms with Crippen LogP contribution in [0.15, 0.2) is 18.2 Å². The SMILES string of the molecule is Cl.O=C(NCc1ccc2c(c1)CNC2)C12CC3CC(CC(C3)C1)C2. The van der Waals surface area contributed by atoms with Crippen LogP contribution in [0.1, 0.15) is 55.2 Å². The summed E-state index contributed by atoms with van der Waals surface area (Å²) in [7, 11) is 0. The quantitative estimate of drug-likeness (QED) is 0.878. The first-order valence-electron chi connectivity index (χ1n) is 9.30. The Kier molecular flexibility index (Phi) is 4.12. The fourth-order valence-electron chi connectivity index (χ4n) is 6.22. The van der Waals surface area contributed by atoms with Crippen molar-refractivity contribution in [1.82, 2.24) is 10.6 Å². The fourth-order valence-corrected chi connectivity index (χ4v) is 6.22. The number of carbonyl (C=O) groups is 1. The van der Waals surface area contributed by atoms with Gasteiger partial charge in [0, 0.05) is 25.0 Å². The van der Waals surface area contributed by atoms with Crippen molar-refractivity contribution in [1.29, 1.82) is 0 Å². The van der Waals surface area contributed by atoms with Crippen LogP contribution in [-0.4, -0.2) is 5.91 Å². The summed E-state index contributed by atoms with van der Waals surface area (Å²) in [6, 6.07) is 6.64. The maximum Gasteiger partial charge on any atom is 0.226 e. The highest BCUT2D eigenvalue weighted by Gasteiger charge is 2.54.